The van der Waals surface area contributed by atoms with E-state index in [0.717, 1.165) is 31.5 Å². The van der Waals surface area contributed by atoms with Crippen molar-refractivity contribution >= 4 is 5.78 Å². The summed E-state index contributed by atoms with van der Waals surface area (Å²) in [6.07, 6.45) is 1.72. The quantitative estimate of drug-likeness (QED) is 0.857. The van der Waals surface area contributed by atoms with E-state index in [4.69, 9.17) is 4.74 Å². The zero-order chi connectivity index (χ0) is 12.1. The Morgan fingerprint density at radius 2 is 1.94 bits per heavy atom. The minimum absolute atomic E-state index is 0.202. The third kappa shape index (κ3) is 2.40. The fraction of sp³-hybridized carbons (Fsp3) is 0.500. The van der Waals surface area contributed by atoms with E-state index in [2.05, 4.69) is 17.4 Å². The molecule has 0 atom stereocenters. The van der Waals surface area contributed by atoms with E-state index >= 15 is 0 Å². The number of piperidine rings is 1. The van der Waals surface area contributed by atoms with Crippen LogP contribution in [0.15, 0.2) is 30.3 Å². The lowest BCUT2D eigenvalue weighted by Gasteiger charge is -2.36. The first-order chi connectivity index (χ1) is 8.29. The Bertz CT molecular complexity index is 369. The molecule has 0 unspecified atom stereocenters. The Hall–Kier alpha value is -1.19. The summed E-state index contributed by atoms with van der Waals surface area (Å²) in [5.74, 6) is 0.202. The Morgan fingerprint density at radius 1 is 1.29 bits per heavy atom. The molecule has 0 bridgehead atoms. The number of carbonyl (C=O) groups is 1. The Kier molecular flexibility index (Phi) is 3.92. The lowest BCUT2D eigenvalue weighted by molar-refractivity contribution is -0.129. The van der Waals surface area contributed by atoms with Crippen LogP contribution in [-0.2, 0) is 14.9 Å². The average molecular weight is 233 g/mol. The second-order valence-electron chi connectivity index (χ2n) is 4.55. The molecule has 1 fully saturated rings. The van der Waals surface area contributed by atoms with Gasteiger partial charge in [-0.2, -0.15) is 0 Å². The number of hydrogen-bond acceptors (Lipinski definition) is 3. The molecule has 0 amide bonds. The van der Waals surface area contributed by atoms with Crippen LogP contribution in [0.5, 0.6) is 0 Å². The molecule has 92 valence electrons. The largest absolute Gasteiger partial charge is 0.377 e. The Balaban J connectivity index is 2.33. The number of Topliss-reactive ketones (excluding diaryl/α,β-unsaturated/α-hetero) is 1. The molecule has 0 spiro atoms. The van der Waals surface area contributed by atoms with Crippen molar-refractivity contribution in [2.45, 2.75) is 18.3 Å². The number of methoxy groups -OCH3 is 1. The van der Waals surface area contributed by atoms with Crippen LogP contribution < -0.4 is 5.32 Å². The third-order valence-electron chi connectivity index (χ3n) is 3.59. The van der Waals surface area contributed by atoms with Gasteiger partial charge in [0.05, 0.1) is 5.41 Å². The van der Waals surface area contributed by atoms with E-state index in [0.29, 0.717) is 0 Å². The highest BCUT2D eigenvalue weighted by molar-refractivity contribution is 5.91. The molecular formula is C14H19NO2. The van der Waals surface area contributed by atoms with Crippen molar-refractivity contribution in [3.05, 3.63) is 35.9 Å². The zero-order valence-electron chi connectivity index (χ0n) is 10.2. The van der Waals surface area contributed by atoms with Gasteiger partial charge in [-0.15, -0.1) is 0 Å². The second-order valence-corrected chi connectivity index (χ2v) is 4.55. The maximum absolute atomic E-state index is 12.4. The summed E-state index contributed by atoms with van der Waals surface area (Å²) >= 11 is 0. The van der Waals surface area contributed by atoms with Crippen molar-refractivity contribution in [3.63, 3.8) is 0 Å². The smallest absolute Gasteiger partial charge is 0.169 e. The standard InChI is InChI=1S/C14H19NO2/c1-17-11-13(16)14(7-9-15-10-8-14)12-5-3-2-4-6-12/h2-6,15H,7-11H2,1H3. The van der Waals surface area contributed by atoms with E-state index in [9.17, 15) is 4.79 Å². The Labute approximate surface area is 102 Å². The van der Waals surface area contributed by atoms with E-state index < -0.39 is 0 Å². The van der Waals surface area contributed by atoms with Crippen molar-refractivity contribution in [3.8, 4) is 0 Å². The summed E-state index contributed by atoms with van der Waals surface area (Å²) < 4.78 is 5.03. The van der Waals surface area contributed by atoms with Crippen LogP contribution in [0.3, 0.4) is 0 Å². The number of benzene rings is 1. The minimum atomic E-state index is -0.345. The highest BCUT2D eigenvalue weighted by Gasteiger charge is 2.40. The van der Waals surface area contributed by atoms with E-state index in [1.165, 1.54) is 0 Å². The van der Waals surface area contributed by atoms with Crippen LogP contribution >= 0.6 is 0 Å². The summed E-state index contributed by atoms with van der Waals surface area (Å²) in [7, 11) is 1.58. The summed E-state index contributed by atoms with van der Waals surface area (Å²) in [6, 6.07) is 10.1. The van der Waals surface area contributed by atoms with Crippen molar-refractivity contribution in [1.82, 2.24) is 5.32 Å². The molecule has 0 aliphatic carbocycles. The molecular weight excluding hydrogens is 214 g/mol. The molecule has 0 radical (unpaired) electrons. The average Bonchev–Trinajstić information content (AvgIpc) is 2.41. The van der Waals surface area contributed by atoms with Gasteiger partial charge in [0, 0.05) is 7.11 Å². The van der Waals surface area contributed by atoms with E-state index in [-0.39, 0.29) is 17.8 Å². The molecule has 0 saturated carbocycles. The van der Waals surface area contributed by atoms with Crippen molar-refractivity contribution in [1.29, 1.82) is 0 Å². The van der Waals surface area contributed by atoms with Crippen molar-refractivity contribution < 1.29 is 9.53 Å². The summed E-state index contributed by atoms with van der Waals surface area (Å²) in [5.41, 5.74) is 0.784. The number of rotatable bonds is 4. The lowest BCUT2D eigenvalue weighted by atomic mass is 9.70. The van der Waals surface area contributed by atoms with Crippen LogP contribution in [0.1, 0.15) is 18.4 Å². The molecule has 1 aliphatic rings. The van der Waals surface area contributed by atoms with Gasteiger partial charge >= 0.3 is 0 Å². The summed E-state index contributed by atoms with van der Waals surface area (Å²) in [5, 5.41) is 3.31. The number of nitrogens with one attached hydrogen (secondary N) is 1. The van der Waals surface area contributed by atoms with Gasteiger partial charge in [-0.05, 0) is 31.5 Å². The molecule has 3 heteroatoms. The number of carbonyl (C=O) groups excluding carboxylic acids is 1. The normalized spacial score (nSPS) is 18.9. The minimum Gasteiger partial charge on any atom is -0.377 e. The SMILES string of the molecule is COCC(=O)C1(c2ccccc2)CCNCC1. The zero-order valence-corrected chi connectivity index (χ0v) is 10.2. The van der Waals surface area contributed by atoms with Gasteiger partial charge in [-0.1, -0.05) is 30.3 Å². The molecule has 1 saturated heterocycles. The fourth-order valence-electron chi connectivity index (χ4n) is 2.61. The van der Waals surface area contributed by atoms with Crippen LogP contribution in [0, 0.1) is 0 Å². The van der Waals surface area contributed by atoms with Crippen LogP contribution in [0.4, 0.5) is 0 Å². The maximum atomic E-state index is 12.4. The van der Waals surface area contributed by atoms with Gasteiger partial charge in [-0.3, -0.25) is 4.79 Å². The topological polar surface area (TPSA) is 38.3 Å². The molecule has 17 heavy (non-hydrogen) atoms. The third-order valence-corrected chi connectivity index (χ3v) is 3.59. The molecule has 3 nitrogen and oxygen atoms in total. The maximum Gasteiger partial charge on any atom is 0.169 e. The molecule has 1 aromatic rings. The number of ether oxygens (including phenoxy) is 1. The van der Waals surface area contributed by atoms with E-state index in [1.54, 1.807) is 7.11 Å². The monoisotopic (exact) mass is 233 g/mol. The lowest BCUT2D eigenvalue weighted by Crippen LogP contribution is -2.46. The molecule has 1 N–H and O–H groups in total. The van der Waals surface area contributed by atoms with Crippen molar-refractivity contribution in [2.24, 2.45) is 0 Å². The van der Waals surface area contributed by atoms with Gasteiger partial charge in [0.2, 0.25) is 0 Å². The van der Waals surface area contributed by atoms with Gasteiger partial charge in [0.25, 0.3) is 0 Å². The second kappa shape index (κ2) is 5.43. The molecule has 2 rings (SSSR count). The van der Waals surface area contributed by atoms with Gasteiger partial charge in [0.15, 0.2) is 5.78 Å². The molecule has 1 heterocycles. The first-order valence-corrected chi connectivity index (χ1v) is 6.08. The first-order valence-electron chi connectivity index (χ1n) is 6.08. The molecule has 0 aromatic heterocycles. The molecule has 1 aliphatic heterocycles. The summed E-state index contributed by atoms with van der Waals surface area (Å²) in [4.78, 5) is 12.4. The Morgan fingerprint density at radius 3 is 2.53 bits per heavy atom. The van der Waals surface area contributed by atoms with Gasteiger partial charge in [-0.25, -0.2) is 0 Å². The van der Waals surface area contributed by atoms with Gasteiger partial charge in [0.1, 0.15) is 6.61 Å². The number of ketones is 1. The van der Waals surface area contributed by atoms with Crippen LogP contribution in [0.25, 0.3) is 0 Å². The van der Waals surface area contributed by atoms with Crippen LogP contribution in [-0.4, -0.2) is 32.6 Å². The number of hydrogen-bond donors (Lipinski definition) is 1. The van der Waals surface area contributed by atoms with E-state index in [1.807, 2.05) is 18.2 Å². The highest BCUT2D eigenvalue weighted by atomic mass is 16.5. The van der Waals surface area contributed by atoms with Gasteiger partial charge < -0.3 is 10.1 Å². The van der Waals surface area contributed by atoms with Crippen molar-refractivity contribution in [2.75, 3.05) is 26.8 Å². The highest BCUT2D eigenvalue weighted by Crippen LogP contribution is 2.34. The predicted molar refractivity (Wildman–Crippen MR) is 67.1 cm³/mol. The molecule has 1 aromatic carbocycles. The predicted octanol–water partition coefficient (Wildman–Crippen LogP) is 1.52. The first kappa shape index (κ1) is 12.3. The summed E-state index contributed by atoms with van der Waals surface area (Å²) in [6.45, 7) is 1.99. The fourth-order valence-corrected chi connectivity index (χ4v) is 2.61. The van der Waals surface area contributed by atoms with Crippen LogP contribution in [0.2, 0.25) is 0 Å².